The molecule has 0 aliphatic carbocycles. The molecule has 1 heterocycles. The number of halogens is 1. The average Bonchev–Trinajstić information content (AvgIpc) is 2.88. The third-order valence-corrected chi connectivity index (χ3v) is 5.81. The number of fused-ring (bicyclic) bond motifs is 1. The molecule has 0 atom stereocenters. The summed E-state index contributed by atoms with van der Waals surface area (Å²) in [6, 6.07) is 4.88. The van der Waals surface area contributed by atoms with Gasteiger partial charge in [-0.15, -0.1) is 12.4 Å². The first-order chi connectivity index (χ1) is 11.8. The second kappa shape index (κ2) is 9.31. The van der Waals surface area contributed by atoms with Crippen molar-refractivity contribution >= 4 is 39.4 Å². The summed E-state index contributed by atoms with van der Waals surface area (Å²) in [5.41, 5.74) is 6.82. The Morgan fingerprint density at radius 2 is 2.04 bits per heavy atom. The number of sulfonamides is 1. The Bertz CT molecular complexity index is 864. The van der Waals surface area contributed by atoms with Crippen LogP contribution in [0.15, 0.2) is 23.1 Å². The van der Waals surface area contributed by atoms with E-state index in [1.54, 1.807) is 18.2 Å². The van der Waals surface area contributed by atoms with Crippen molar-refractivity contribution < 1.29 is 13.2 Å². The molecule has 0 aliphatic rings. The zero-order valence-corrected chi connectivity index (χ0v) is 16.9. The zero-order valence-electron chi connectivity index (χ0n) is 15.2. The van der Waals surface area contributed by atoms with Crippen LogP contribution in [0.25, 0.3) is 11.0 Å². The van der Waals surface area contributed by atoms with Gasteiger partial charge >= 0.3 is 0 Å². The SMILES string of the molecule is CN(C)S(=O)(=O)c1ccc2c(c1)nc(CCC(=O)NCCCN)n2C.Cl. The second-order valence-electron chi connectivity index (χ2n) is 6.02. The molecule has 26 heavy (non-hydrogen) atoms. The molecule has 0 unspecified atom stereocenters. The van der Waals surface area contributed by atoms with Crippen molar-refractivity contribution in [2.75, 3.05) is 27.2 Å². The van der Waals surface area contributed by atoms with Gasteiger partial charge in [-0.25, -0.2) is 17.7 Å². The third kappa shape index (κ3) is 4.94. The van der Waals surface area contributed by atoms with Gasteiger partial charge in [-0.2, -0.15) is 0 Å². The van der Waals surface area contributed by atoms with Crippen molar-refractivity contribution in [3.8, 4) is 0 Å². The fourth-order valence-corrected chi connectivity index (χ4v) is 3.39. The average molecular weight is 404 g/mol. The number of aromatic nitrogens is 2. The number of benzene rings is 1. The van der Waals surface area contributed by atoms with E-state index in [1.165, 1.54) is 18.4 Å². The van der Waals surface area contributed by atoms with Crippen LogP contribution in [0.5, 0.6) is 0 Å². The standard InChI is InChI=1S/C16H25N5O3S.ClH/c1-20(2)25(23,24)12-5-6-14-13(11-12)19-15(21(14)3)7-8-16(22)18-10-4-9-17;/h5-6,11H,4,7-10,17H2,1-3H3,(H,18,22);1H. The van der Waals surface area contributed by atoms with Gasteiger partial charge in [-0.3, -0.25) is 4.79 Å². The van der Waals surface area contributed by atoms with Crippen molar-refractivity contribution in [2.24, 2.45) is 12.8 Å². The van der Waals surface area contributed by atoms with Crippen molar-refractivity contribution in [2.45, 2.75) is 24.2 Å². The lowest BCUT2D eigenvalue weighted by Gasteiger charge is -2.10. The molecular formula is C16H26ClN5O3S. The highest BCUT2D eigenvalue weighted by Gasteiger charge is 2.19. The Balaban J connectivity index is 0.00000338. The number of rotatable bonds is 8. The molecule has 1 aromatic carbocycles. The van der Waals surface area contributed by atoms with Crippen LogP contribution >= 0.6 is 12.4 Å². The Labute approximate surface area is 160 Å². The van der Waals surface area contributed by atoms with Gasteiger partial charge in [0, 0.05) is 40.5 Å². The summed E-state index contributed by atoms with van der Waals surface area (Å²) in [6.45, 7) is 1.12. The number of nitrogens with two attached hydrogens (primary N) is 1. The minimum atomic E-state index is -3.50. The van der Waals surface area contributed by atoms with Gasteiger partial charge in [-0.1, -0.05) is 0 Å². The minimum absolute atomic E-state index is 0. The number of amides is 1. The van der Waals surface area contributed by atoms with Gasteiger partial charge in [0.1, 0.15) is 5.82 Å². The van der Waals surface area contributed by atoms with Crippen LogP contribution in [0.1, 0.15) is 18.7 Å². The van der Waals surface area contributed by atoms with Gasteiger partial charge in [0.05, 0.1) is 15.9 Å². The molecule has 0 fully saturated rings. The van der Waals surface area contributed by atoms with E-state index in [0.717, 1.165) is 17.8 Å². The van der Waals surface area contributed by atoms with E-state index in [-0.39, 0.29) is 23.2 Å². The molecule has 10 heteroatoms. The highest BCUT2D eigenvalue weighted by Crippen LogP contribution is 2.21. The molecule has 3 N–H and O–H groups in total. The van der Waals surface area contributed by atoms with E-state index < -0.39 is 10.0 Å². The highest BCUT2D eigenvalue weighted by atomic mass is 35.5. The molecule has 2 rings (SSSR count). The van der Waals surface area contributed by atoms with Crippen LogP contribution in [0, 0.1) is 0 Å². The summed E-state index contributed by atoms with van der Waals surface area (Å²) >= 11 is 0. The molecule has 8 nitrogen and oxygen atoms in total. The van der Waals surface area contributed by atoms with E-state index in [9.17, 15) is 13.2 Å². The smallest absolute Gasteiger partial charge is 0.242 e. The number of hydrogen-bond acceptors (Lipinski definition) is 5. The summed E-state index contributed by atoms with van der Waals surface area (Å²) in [4.78, 5) is 16.5. The third-order valence-electron chi connectivity index (χ3n) is 4.00. The summed E-state index contributed by atoms with van der Waals surface area (Å²) in [6.07, 6.45) is 1.56. The maximum Gasteiger partial charge on any atom is 0.242 e. The number of nitrogens with one attached hydrogen (secondary N) is 1. The van der Waals surface area contributed by atoms with E-state index in [2.05, 4.69) is 10.3 Å². The van der Waals surface area contributed by atoms with Gasteiger partial charge in [0.15, 0.2) is 0 Å². The Hall–Kier alpha value is -1.68. The molecule has 0 bridgehead atoms. The van der Waals surface area contributed by atoms with Gasteiger partial charge in [0.25, 0.3) is 0 Å². The molecule has 0 radical (unpaired) electrons. The van der Waals surface area contributed by atoms with E-state index in [4.69, 9.17) is 5.73 Å². The van der Waals surface area contributed by atoms with Crippen LogP contribution in [0.2, 0.25) is 0 Å². The number of hydrogen-bond donors (Lipinski definition) is 2. The number of carbonyl (C=O) groups is 1. The molecule has 2 aromatic rings. The Morgan fingerprint density at radius 3 is 2.65 bits per heavy atom. The zero-order chi connectivity index (χ0) is 18.6. The van der Waals surface area contributed by atoms with Crippen LogP contribution in [0.4, 0.5) is 0 Å². The summed E-state index contributed by atoms with van der Waals surface area (Å²) in [5, 5.41) is 2.81. The maximum atomic E-state index is 12.2. The number of aryl methyl sites for hydroxylation is 2. The van der Waals surface area contributed by atoms with Crippen LogP contribution in [-0.4, -0.2) is 55.4 Å². The monoisotopic (exact) mass is 403 g/mol. The Morgan fingerprint density at radius 1 is 1.35 bits per heavy atom. The first kappa shape index (κ1) is 22.4. The highest BCUT2D eigenvalue weighted by molar-refractivity contribution is 7.89. The molecule has 0 aliphatic heterocycles. The summed E-state index contributed by atoms with van der Waals surface area (Å²) < 4.78 is 27.5. The molecule has 1 amide bonds. The fourth-order valence-electron chi connectivity index (χ4n) is 2.47. The molecule has 0 saturated heterocycles. The normalized spacial score (nSPS) is 11.6. The number of nitrogens with zero attached hydrogens (tertiary/aromatic N) is 3. The maximum absolute atomic E-state index is 12.2. The fraction of sp³-hybridized carbons (Fsp3) is 0.500. The lowest BCUT2D eigenvalue weighted by molar-refractivity contribution is -0.121. The summed E-state index contributed by atoms with van der Waals surface area (Å²) in [5.74, 6) is 0.694. The van der Waals surface area contributed by atoms with E-state index in [0.29, 0.717) is 31.4 Å². The van der Waals surface area contributed by atoms with E-state index in [1.807, 2.05) is 11.6 Å². The molecule has 146 valence electrons. The first-order valence-electron chi connectivity index (χ1n) is 8.12. The van der Waals surface area contributed by atoms with Crippen molar-refractivity contribution in [1.82, 2.24) is 19.2 Å². The van der Waals surface area contributed by atoms with Gasteiger partial charge in [-0.05, 0) is 31.2 Å². The van der Waals surface area contributed by atoms with E-state index >= 15 is 0 Å². The van der Waals surface area contributed by atoms with Crippen molar-refractivity contribution in [1.29, 1.82) is 0 Å². The Kier molecular flexibility index (Phi) is 8.01. The predicted molar refractivity (Wildman–Crippen MR) is 104 cm³/mol. The first-order valence-corrected chi connectivity index (χ1v) is 9.56. The molecule has 1 aromatic heterocycles. The molecule has 0 spiro atoms. The lowest BCUT2D eigenvalue weighted by Crippen LogP contribution is -2.26. The predicted octanol–water partition coefficient (Wildman–Crippen LogP) is 0.643. The minimum Gasteiger partial charge on any atom is -0.356 e. The van der Waals surface area contributed by atoms with Gasteiger partial charge in [0.2, 0.25) is 15.9 Å². The van der Waals surface area contributed by atoms with Gasteiger partial charge < -0.3 is 15.6 Å². The van der Waals surface area contributed by atoms with Crippen molar-refractivity contribution in [3.05, 3.63) is 24.0 Å². The quantitative estimate of drug-likeness (QED) is 0.628. The second-order valence-corrected chi connectivity index (χ2v) is 8.17. The molecule has 0 saturated carbocycles. The number of imidazole rings is 1. The van der Waals surface area contributed by atoms with Crippen LogP contribution in [-0.2, 0) is 28.3 Å². The lowest BCUT2D eigenvalue weighted by atomic mass is 10.2. The largest absolute Gasteiger partial charge is 0.356 e. The molecular weight excluding hydrogens is 378 g/mol. The van der Waals surface area contributed by atoms with Crippen LogP contribution in [0.3, 0.4) is 0 Å². The van der Waals surface area contributed by atoms with Crippen LogP contribution < -0.4 is 11.1 Å². The topological polar surface area (TPSA) is 110 Å². The van der Waals surface area contributed by atoms with Crippen molar-refractivity contribution in [3.63, 3.8) is 0 Å². The number of carbonyl (C=O) groups excluding carboxylic acids is 1. The summed E-state index contributed by atoms with van der Waals surface area (Å²) in [7, 11) is 1.34.